The van der Waals surface area contributed by atoms with Crippen molar-refractivity contribution < 1.29 is 37.3 Å². The Balaban J connectivity index is 1.79. The van der Waals surface area contributed by atoms with E-state index in [9.17, 15) is 23.1 Å². The van der Waals surface area contributed by atoms with E-state index in [4.69, 9.17) is 14.2 Å². The second kappa shape index (κ2) is 11.5. The number of para-hydroxylation sites is 1. The van der Waals surface area contributed by atoms with Crippen molar-refractivity contribution in [2.45, 2.75) is 51.5 Å². The largest absolute Gasteiger partial charge is 0.493 e. The van der Waals surface area contributed by atoms with E-state index in [2.05, 4.69) is 4.98 Å². The zero-order chi connectivity index (χ0) is 30.1. The number of hydrogen-bond donors (Lipinski definition) is 1. The Kier molecular flexibility index (Phi) is 7.97. The topological polar surface area (TPSA) is 77.9 Å². The highest BCUT2D eigenvalue weighted by molar-refractivity contribution is 5.91. The third kappa shape index (κ3) is 6.41. The molecular weight excluding hydrogens is 547 g/mol. The second-order valence-corrected chi connectivity index (χ2v) is 11.0. The van der Waals surface area contributed by atoms with Gasteiger partial charge >= 0.3 is 12.1 Å². The first-order valence-electron chi connectivity index (χ1n) is 13.5. The fraction of sp³-hybridized carbons (Fsp3) is 0.273. The molecule has 6 nitrogen and oxygen atoms in total. The minimum absolute atomic E-state index is 0.103. The summed E-state index contributed by atoms with van der Waals surface area (Å²) in [5.74, 6) is -0.110. The molecule has 9 heteroatoms. The molecule has 3 aromatic carbocycles. The summed E-state index contributed by atoms with van der Waals surface area (Å²) in [5.41, 5.74) is -0.389. The van der Waals surface area contributed by atoms with Gasteiger partial charge in [-0.1, -0.05) is 30.3 Å². The Bertz CT molecular complexity index is 1600. The average molecular weight is 578 g/mol. The van der Waals surface area contributed by atoms with E-state index in [0.717, 1.165) is 18.1 Å². The summed E-state index contributed by atoms with van der Waals surface area (Å²) < 4.78 is 61.3. The van der Waals surface area contributed by atoms with E-state index in [1.807, 2.05) is 6.07 Å². The van der Waals surface area contributed by atoms with Crippen molar-refractivity contribution in [1.82, 2.24) is 4.98 Å². The van der Waals surface area contributed by atoms with Crippen LogP contribution < -0.4 is 9.47 Å². The molecule has 0 bridgehead atoms. The fourth-order valence-corrected chi connectivity index (χ4v) is 5.03. The maximum absolute atomic E-state index is 14.6. The molecule has 218 valence electrons. The van der Waals surface area contributed by atoms with E-state index in [1.54, 1.807) is 75.4 Å². The van der Waals surface area contributed by atoms with Crippen LogP contribution in [0, 0.1) is 0 Å². The van der Waals surface area contributed by atoms with E-state index in [-0.39, 0.29) is 11.4 Å². The summed E-state index contributed by atoms with van der Waals surface area (Å²) in [7, 11) is 0. The molecule has 1 atom stereocenters. The minimum Gasteiger partial charge on any atom is -0.493 e. The van der Waals surface area contributed by atoms with Gasteiger partial charge in [0.05, 0.1) is 17.8 Å². The van der Waals surface area contributed by atoms with E-state index in [0.29, 0.717) is 41.2 Å². The van der Waals surface area contributed by atoms with Gasteiger partial charge in [0, 0.05) is 17.8 Å². The van der Waals surface area contributed by atoms with Crippen LogP contribution in [0.5, 0.6) is 17.4 Å². The van der Waals surface area contributed by atoms with Gasteiger partial charge in [0.25, 0.3) is 0 Å². The van der Waals surface area contributed by atoms with Gasteiger partial charge in [0.2, 0.25) is 5.88 Å². The predicted molar refractivity (Wildman–Crippen MR) is 152 cm³/mol. The number of aliphatic carboxylic acids is 1. The number of aryl methyl sites for hydroxylation is 1. The number of hydrogen-bond acceptors (Lipinski definition) is 5. The van der Waals surface area contributed by atoms with Crippen molar-refractivity contribution in [3.8, 4) is 39.6 Å². The smallest absolute Gasteiger partial charge is 0.416 e. The van der Waals surface area contributed by atoms with Gasteiger partial charge in [-0.25, -0.2) is 9.78 Å². The lowest BCUT2D eigenvalue weighted by Gasteiger charge is -2.30. The molecule has 0 spiro atoms. The van der Waals surface area contributed by atoms with Crippen LogP contribution in [0.1, 0.15) is 50.0 Å². The number of nitrogens with zero attached hydrogens (tertiary/aromatic N) is 1. The zero-order valence-corrected chi connectivity index (χ0v) is 23.4. The van der Waals surface area contributed by atoms with Gasteiger partial charge in [-0.05, 0) is 97.8 Å². The lowest BCUT2D eigenvalue weighted by atomic mass is 9.84. The number of alkyl halides is 3. The highest BCUT2D eigenvalue weighted by Crippen LogP contribution is 2.47. The minimum atomic E-state index is -4.85. The molecule has 1 aromatic heterocycles. The Labute approximate surface area is 241 Å². The Morgan fingerprint density at radius 2 is 1.74 bits per heavy atom. The van der Waals surface area contributed by atoms with Gasteiger partial charge in [-0.15, -0.1) is 0 Å². The predicted octanol–water partition coefficient (Wildman–Crippen LogP) is 8.49. The van der Waals surface area contributed by atoms with Crippen molar-refractivity contribution in [2.24, 2.45) is 0 Å². The van der Waals surface area contributed by atoms with Gasteiger partial charge in [0.1, 0.15) is 11.5 Å². The van der Waals surface area contributed by atoms with Crippen molar-refractivity contribution in [3.05, 3.63) is 95.7 Å². The Morgan fingerprint density at radius 1 is 0.976 bits per heavy atom. The molecule has 0 fully saturated rings. The summed E-state index contributed by atoms with van der Waals surface area (Å²) in [6.07, 6.45) is -3.83. The van der Waals surface area contributed by atoms with E-state index in [1.165, 1.54) is 12.3 Å². The number of pyridine rings is 1. The molecule has 2 heterocycles. The lowest BCUT2D eigenvalue weighted by Crippen LogP contribution is -2.29. The van der Waals surface area contributed by atoms with Gasteiger partial charge in [-0.2, -0.15) is 13.2 Å². The molecule has 0 radical (unpaired) electrons. The quantitative estimate of drug-likeness (QED) is 0.237. The third-order valence-corrected chi connectivity index (χ3v) is 6.72. The van der Waals surface area contributed by atoms with Gasteiger partial charge in [0.15, 0.2) is 6.10 Å². The molecule has 0 saturated carbocycles. The number of rotatable bonds is 7. The van der Waals surface area contributed by atoms with Crippen LogP contribution in [0.3, 0.4) is 0 Å². The first-order chi connectivity index (χ1) is 19.9. The molecule has 5 rings (SSSR count). The van der Waals surface area contributed by atoms with Crippen LogP contribution in [-0.2, 0) is 22.1 Å². The monoisotopic (exact) mass is 577 g/mol. The zero-order valence-electron chi connectivity index (χ0n) is 23.4. The standard InChI is InChI=1S/C33H30F3NO5/c1-32(2,3)42-30(31(38)39)29-25(33(34,35)36)13-12-24(28(29)22-11-14-26-21(18-22)8-7-17-40-26)20-15-16-37-27(19-20)41-23-9-5-4-6-10-23/h4-6,9-16,18-19,30H,7-8,17H2,1-3H3,(H,38,39). The first-order valence-corrected chi connectivity index (χ1v) is 13.5. The number of aromatic nitrogens is 1. The molecule has 42 heavy (non-hydrogen) atoms. The maximum Gasteiger partial charge on any atom is 0.416 e. The van der Waals surface area contributed by atoms with Crippen LogP contribution in [0.25, 0.3) is 22.3 Å². The number of carboxylic acids is 1. The van der Waals surface area contributed by atoms with Gasteiger partial charge < -0.3 is 19.3 Å². The van der Waals surface area contributed by atoms with Crippen molar-refractivity contribution >= 4 is 5.97 Å². The fourth-order valence-electron chi connectivity index (χ4n) is 5.03. The summed E-state index contributed by atoms with van der Waals surface area (Å²) in [6, 6.07) is 19.6. The summed E-state index contributed by atoms with van der Waals surface area (Å²) in [6.45, 7) is 5.36. The van der Waals surface area contributed by atoms with Crippen LogP contribution in [-0.4, -0.2) is 28.3 Å². The normalized spacial score (nSPS) is 14.0. The summed E-state index contributed by atoms with van der Waals surface area (Å²) >= 11 is 0. The summed E-state index contributed by atoms with van der Waals surface area (Å²) in [4.78, 5) is 16.9. The van der Waals surface area contributed by atoms with Crippen molar-refractivity contribution in [1.29, 1.82) is 0 Å². The van der Waals surface area contributed by atoms with Crippen LogP contribution in [0.4, 0.5) is 13.2 Å². The molecule has 1 aliphatic rings. The SMILES string of the molecule is CC(C)(C)OC(C(=O)O)c1c(C(F)(F)F)ccc(-c2ccnc(Oc3ccccc3)c2)c1-c1ccc2c(c1)CCCO2. The van der Waals surface area contributed by atoms with Crippen molar-refractivity contribution in [3.63, 3.8) is 0 Å². The Morgan fingerprint density at radius 3 is 2.43 bits per heavy atom. The molecule has 1 N–H and O–H groups in total. The first kappa shape index (κ1) is 29.1. The molecule has 1 aliphatic heterocycles. The van der Waals surface area contributed by atoms with Crippen LogP contribution in [0.15, 0.2) is 79.0 Å². The Hall–Kier alpha value is -4.37. The van der Waals surface area contributed by atoms with Crippen LogP contribution in [0.2, 0.25) is 0 Å². The lowest BCUT2D eigenvalue weighted by molar-refractivity contribution is -0.163. The maximum atomic E-state index is 14.6. The summed E-state index contributed by atoms with van der Waals surface area (Å²) in [5, 5.41) is 10.3. The molecule has 0 saturated heterocycles. The molecule has 0 aliphatic carbocycles. The third-order valence-electron chi connectivity index (χ3n) is 6.72. The second-order valence-electron chi connectivity index (χ2n) is 11.0. The molecule has 0 amide bonds. The van der Waals surface area contributed by atoms with Crippen LogP contribution >= 0.6 is 0 Å². The average Bonchev–Trinajstić information content (AvgIpc) is 2.94. The highest BCUT2D eigenvalue weighted by Gasteiger charge is 2.41. The number of carbonyl (C=O) groups is 1. The van der Waals surface area contributed by atoms with E-state index < -0.39 is 35.0 Å². The number of fused-ring (bicyclic) bond motifs is 1. The highest BCUT2D eigenvalue weighted by atomic mass is 19.4. The number of carboxylic acid groups (broad SMARTS) is 1. The molecule has 1 unspecified atom stereocenters. The van der Waals surface area contributed by atoms with Gasteiger partial charge in [-0.3, -0.25) is 0 Å². The molecule has 4 aromatic rings. The number of halogens is 3. The van der Waals surface area contributed by atoms with E-state index >= 15 is 0 Å². The molecular formula is C33H30F3NO5. The number of ether oxygens (including phenoxy) is 3. The van der Waals surface area contributed by atoms with Crippen molar-refractivity contribution in [2.75, 3.05) is 6.61 Å². The number of benzene rings is 3.